The Bertz CT molecular complexity index is 1300. The number of aromatic nitrogens is 1. The zero-order valence-corrected chi connectivity index (χ0v) is 17.9. The van der Waals surface area contributed by atoms with Crippen LogP contribution in [-0.4, -0.2) is 36.3 Å². The zero-order valence-electron chi connectivity index (χ0n) is 17.9. The average molecular weight is 428 g/mol. The SMILES string of the molecule is COc1cc(C2NC(C(=O)O)Cc3c2[nH]c2ccccc32)c(OC)cc1-c1ccccc1. The first-order chi connectivity index (χ1) is 15.6. The van der Waals surface area contributed by atoms with Gasteiger partial charge in [0, 0.05) is 34.1 Å². The topological polar surface area (TPSA) is 83.6 Å². The van der Waals surface area contributed by atoms with Crippen LogP contribution in [0.25, 0.3) is 22.0 Å². The number of H-pyrrole nitrogens is 1. The quantitative estimate of drug-likeness (QED) is 0.435. The van der Waals surface area contributed by atoms with Gasteiger partial charge in [0.05, 0.1) is 20.3 Å². The normalized spacial score (nSPS) is 17.7. The van der Waals surface area contributed by atoms with Gasteiger partial charge < -0.3 is 19.6 Å². The summed E-state index contributed by atoms with van der Waals surface area (Å²) >= 11 is 0. The van der Waals surface area contributed by atoms with Crippen LogP contribution in [-0.2, 0) is 11.2 Å². The predicted octanol–water partition coefficient (Wildman–Crippen LogP) is 4.54. The van der Waals surface area contributed by atoms with Gasteiger partial charge in [-0.3, -0.25) is 10.1 Å². The molecule has 0 amide bonds. The molecule has 0 radical (unpaired) electrons. The lowest BCUT2D eigenvalue weighted by atomic mass is 9.89. The molecule has 3 aromatic carbocycles. The van der Waals surface area contributed by atoms with Crippen molar-refractivity contribution in [3.8, 4) is 22.6 Å². The first-order valence-electron chi connectivity index (χ1n) is 10.5. The van der Waals surface area contributed by atoms with Gasteiger partial charge >= 0.3 is 5.97 Å². The summed E-state index contributed by atoms with van der Waals surface area (Å²) < 4.78 is 11.5. The number of carboxylic acid groups (broad SMARTS) is 1. The maximum absolute atomic E-state index is 12.0. The molecule has 2 atom stereocenters. The molecule has 0 spiro atoms. The molecular weight excluding hydrogens is 404 g/mol. The van der Waals surface area contributed by atoms with Crippen molar-refractivity contribution in [3.05, 3.63) is 83.6 Å². The Balaban J connectivity index is 1.71. The van der Waals surface area contributed by atoms with Crippen LogP contribution in [0, 0.1) is 0 Å². The van der Waals surface area contributed by atoms with Gasteiger partial charge in [0.25, 0.3) is 0 Å². The summed E-state index contributed by atoms with van der Waals surface area (Å²) in [5.74, 6) is 0.486. The molecule has 2 heterocycles. The van der Waals surface area contributed by atoms with E-state index in [0.717, 1.165) is 38.9 Å². The van der Waals surface area contributed by atoms with Gasteiger partial charge in [0.15, 0.2) is 0 Å². The van der Waals surface area contributed by atoms with Crippen molar-refractivity contribution in [2.24, 2.45) is 0 Å². The molecule has 4 aromatic rings. The van der Waals surface area contributed by atoms with E-state index in [0.29, 0.717) is 17.9 Å². The lowest BCUT2D eigenvalue weighted by molar-refractivity contribution is -0.139. The third-order valence-corrected chi connectivity index (χ3v) is 6.16. The third-order valence-electron chi connectivity index (χ3n) is 6.16. The first kappa shape index (κ1) is 20.2. The van der Waals surface area contributed by atoms with Crippen LogP contribution >= 0.6 is 0 Å². The highest BCUT2D eigenvalue weighted by atomic mass is 16.5. The molecule has 1 aromatic heterocycles. The Morgan fingerprint density at radius 2 is 1.69 bits per heavy atom. The second-order valence-electron chi connectivity index (χ2n) is 7.92. The second kappa shape index (κ2) is 8.05. The number of ether oxygens (including phenoxy) is 2. The zero-order chi connectivity index (χ0) is 22.2. The predicted molar refractivity (Wildman–Crippen MR) is 123 cm³/mol. The minimum absolute atomic E-state index is 0.388. The molecule has 0 saturated carbocycles. The summed E-state index contributed by atoms with van der Waals surface area (Å²) in [6.07, 6.45) is 0.409. The maximum Gasteiger partial charge on any atom is 0.321 e. The number of nitrogens with one attached hydrogen (secondary N) is 2. The molecule has 0 saturated heterocycles. The van der Waals surface area contributed by atoms with E-state index in [1.807, 2.05) is 66.7 Å². The number of carboxylic acids is 1. The van der Waals surface area contributed by atoms with Crippen molar-refractivity contribution in [1.29, 1.82) is 0 Å². The van der Waals surface area contributed by atoms with Crippen molar-refractivity contribution in [1.82, 2.24) is 10.3 Å². The molecule has 0 aliphatic carbocycles. The van der Waals surface area contributed by atoms with Crippen LogP contribution in [0.15, 0.2) is 66.7 Å². The number of aliphatic carboxylic acids is 1. The molecule has 1 aliphatic heterocycles. The lowest BCUT2D eigenvalue weighted by Gasteiger charge is -2.31. The standard InChI is InChI=1S/C26H24N2O4/c1-31-22-14-19(23(32-2)13-17(22)15-8-4-3-5-9-15)25-24-18(12-21(28-25)26(29)30)16-10-6-7-11-20(16)27-24/h3-11,13-14,21,25,27-28H,12H2,1-2H3,(H,29,30). The summed E-state index contributed by atoms with van der Waals surface area (Å²) in [4.78, 5) is 15.5. The molecule has 1 aliphatic rings. The van der Waals surface area contributed by atoms with Gasteiger partial charge in [-0.05, 0) is 29.3 Å². The number of aromatic amines is 1. The molecule has 6 nitrogen and oxygen atoms in total. The van der Waals surface area contributed by atoms with E-state index in [1.165, 1.54) is 0 Å². The highest BCUT2D eigenvalue weighted by Gasteiger charge is 2.35. The largest absolute Gasteiger partial charge is 0.496 e. The van der Waals surface area contributed by atoms with E-state index in [4.69, 9.17) is 9.47 Å². The summed E-state index contributed by atoms with van der Waals surface area (Å²) in [7, 11) is 3.27. The van der Waals surface area contributed by atoms with Gasteiger partial charge in [-0.2, -0.15) is 0 Å². The van der Waals surface area contributed by atoms with E-state index in [9.17, 15) is 9.90 Å². The van der Waals surface area contributed by atoms with Gasteiger partial charge in [0.1, 0.15) is 17.5 Å². The van der Waals surface area contributed by atoms with Crippen LogP contribution in [0.4, 0.5) is 0 Å². The summed E-state index contributed by atoms with van der Waals surface area (Å²) in [5, 5.41) is 14.2. The molecule has 5 rings (SSSR count). The molecule has 3 N–H and O–H groups in total. The smallest absolute Gasteiger partial charge is 0.321 e. The van der Waals surface area contributed by atoms with Crippen LogP contribution < -0.4 is 14.8 Å². The van der Waals surface area contributed by atoms with Gasteiger partial charge in [-0.1, -0.05) is 48.5 Å². The van der Waals surface area contributed by atoms with Gasteiger partial charge in [-0.25, -0.2) is 0 Å². The molecule has 0 bridgehead atoms. The number of carbonyl (C=O) groups is 1. The summed E-state index contributed by atoms with van der Waals surface area (Å²) in [6, 6.07) is 20.8. The van der Waals surface area contributed by atoms with Crippen molar-refractivity contribution < 1.29 is 19.4 Å². The van der Waals surface area contributed by atoms with E-state index in [2.05, 4.69) is 10.3 Å². The highest BCUT2D eigenvalue weighted by Crippen LogP contribution is 2.43. The Morgan fingerprint density at radius 3 is 2.41 bits per heavy atom. The third kappa shape index (κ3) is 3.29. The van der Waals surface area contributed by atoms with Crippen molar-refractivity contribution in [2.75, 3.05) is 14.2 Å². The minimum atomic E-state index is -0.877. The van der Waals surface area contributed by atoms with E-state index < -0.39 is 12.0 Å². The van der Waals surface area contributed by atoms with Crippen LogP contribution in [0.1, 0.15) is 22.9 Å². The van der Waals surface area contributed by atoms with Crippen LogP contribution in [0.5, 0.6) is 11.5 Å². The van der Waals surface area contributed by atoms with E-state index in [1.54, 1.807) is 14.2 Å². The molecule has 32 heavy (non-hydrogen) atoms. The fourth-order valence-corrected chi connectivity index (χ4v) is 4.63. The number of hydrogen-bond acceptors (Lipinski definition) is 4. The molecular formula is C26H24N2O4. The Hall–Kier alpha value is -3.77. The molecule has 2 unspecified atom stereocenters. The minimum Gasteiger partial charge on any atom is -0.496 e. The van der Waals surface area contributed by atoms with Crippen molar-refractivity contribution in [2.45, 2.75) is 18.5 Å². The highest BCUT2D eigenvalue weighted by molar-refractivity contribution is 5.87. The van der Waals surface area contributed by atoms with Crippen LogP contribution in [0.3, 0.4) is 0 Å². The van der Waals surface area contributed by atoms with Gasteiger partial charge in [-0.15, -0.1) is 0 Å². The van der Waals surface area contributed by atoms with Gasteiger partial charge in [0.2, 0.25) is 0 Å². The van der Waals surface area contributed by atoms with E-state index >= 15 is 0 Å². The fraction of sp³-hybridized carbons (Fsp3) is 0.192. The summed E-state index contributed by atoms with van der Waals surface area (Å²) in [6.45, 7) is 0. The maximum atomic E-state index is 12.0. The van der Waals surface area contributed by atoms with E-state index in [-0.39, 0.29) is 6.04 Å². The van der Waals surface area contributed by atoms with Crippen molar-refractivity contribution in [3.63, 3.8) is 0 Å². The average Bonchev–Trinajstić information content (AvgIpc) is 3.22. The van der Waals surface area contributed by atoms with Crippen molar-refractivity contribution >= 4 is 16.9 Å². The summed E-state index contributed by atoms with van der Waals surface area (Å²) in [5.41, 5.74) is 5.71. The lowest BCUT2D eigenvalue weighted by Crippen LogP contribution is -2.45. The fourth-order valence-electron chi connectivity index (χ4n) is 4.63. The Labute approximate surface area is 185 Å². The number of benzene rings is 3. The Kier molecular flexibility index (Phi) is 5.07. The number of para-hydroxylation sites is 1. The molecule has 6 heteroatoms. The Morgan fingerprint density at radius 1 is 0.969 bits per heavy atom. The first-order valence-corrected chi connectivity index (χ1v) is 10.5. The monoisotopic (exact) mass is 428 g/mol. The van der Waals surface area contributed by atoms with Crippen LogP contribution in [0.2, 0.25) is 0 Å². The second-order valence-corrected chi connectivity index (χ2v) is 7.92. The molecule has 162 valence electrons. The number of hydrogen-bond donors (Lipinski definition) is 3. The number of rotatable bonds is 5. The molecule has 0 fully saturated rings. The number of methoxy groups -OCH3 is 2. The number of fused-ring (bicyclic) bond motifs is 3.